The highest BCUT2D eigenvalue weighted by atomic mass is 16.5. The number of ether oxygens (including phenoxy) is 1. The third-order valence-corrected chi connectivity index (χ3v) is 5.05. The Morgan fingerprint density at radius 3 is 2.64 bits per heavy atom. The molecule has 1 N–H and O–H groups in total. The van der Waals surface area contributed by atoms with Gasteiger partial charge >= 0.3 is 5.97 Å². The van der Waals surface area contributed by atoms with Crippen LogP contribution in [-0.4, -0.2) is 41.9 Å². The Hall–Kier alpha value is -0.870. The van der Waals surface area contributed by atoms with E-state index < -0.39 is 6.23 Å². The molecule has 4 nitrogen and oxygen atoms in total. The van der Waals surface area contributed by atoms with Crippen molar-refractivity contribution in [3.8, 4) is 0 Å². The zero-order chi connectivity index (χ0) is 15.8. The fourth-order valence-electron chi connectivity index (χ4n) is 3.74. The molecule has 22 heavy (non-hydrogen) atoms. The van der Waals surface area contributed by atoms with Gasteiger partial charge in [-0.15, -0.1) is 0 Å². The first-order chi connectivity index (χ1) is 10.7. The van der Waals surface area contributed by atoms with Gasteiger partial charge in [0.15, 0.2) is 0 Å². The number of methoxy groups -OCH3 is 1. The van der Waals surface area contributed by atoms with Crippen LogP contribution in [0.2, 0.25) is 0 Å². The number of aliphatic hydroxyl groups excluding tert-OH is 1. The Morgan fingerprint density at radius 1 is 1.09 bits per heavy atom. The number of carbonyl (C=O) groups excluding carboxylic acids is 1. The summed E-state index contributed by atoms with van der Waals surface area (Å²) in [6, 6.07) is 0.383. The fraction of sp³-hybridized carbons (Fsp3) is 0.833. The second-order valence-electron chi connectivity index (χ2n) is 6.68. The van der Waals surface area contributed by atoms with Crippen LogP contribution in [-0.2, 0) is 9.53 Å². The lowest BCUT2D eigenvalue weighted by Gasteiger charge is -2.30. The predicted octanol–water partition coefficient (Wildman–Crippen LogP) is 3.25. The number of likely N-dealkylation sites (tertiary alicyclic amines) is 1. The molecule has 1 heterocycles. The van der Waals surface area contributed by atoms with Gasteiger partial charge in [-0.2, -0.15) is 0 Å². The highest BCUT2D eigenvalue weighted by Gasteiger charge is 2.38. The number of allylic oxidation sites excluding steroid dienone is 2. The van der Waals surface area contributed by atoms with Gasteiger partial charge in [-0.05, 0) is 32.1 Å². The largest absolute Gasteiger partial charge is 0.469 e. The molecular weight excluding hydrogens is 278 g/mol. The minimum atomic E-state index is -0.494. The van der Waals surface area contributed by atoms with Crippen LogP contribution in [0.1, 0.15) is 64.2 Å². The number of rotatable bonds is 2. The van der Waals surface area contributed by atoms with Crippen molar-refractivity contribution in [1.29, 1.82) is 0 Å². The summed E-state index contributed by atoms with van der Waals surface area (Å²) in [6.07, 6.45) is 15.5. The summed E-state index contributed by atoms with van der Waals surface area (Å²) in [5.41, 5.74) is 0. The standard InChI is InChI=1S/C18H31NO3/c1-22-18(21)15-13-17(20)19(14-15)16-11-9-7-5-3-2-4-6-8-10-12-16/h5,7,15-17,20H,2-4,6,8-14H2,1H3/b7-5-. The van der Waals surface area contributed by atoms with E-state index in [0.29, 0.717) is 19.0 Å². The molecule has 1 fully saturated rings. The lowest BCUT2D eigenvalue weighted by molar-refractivity contribution is -0.145. The molecule has 2 aliphatic rings. The van der Waals surface area contributed by atoms with E-state index in [4.69, 9.17) is 4.74 Å². The van der Waals surface area contributed by atoms with E-state index in [0.717, 1.165) is 19.3 Å². The van der Waals surface area contributed by atoms with Crippen LogP contribution < -0.4 is 0 Å². The van der Waals surface area contributed by atoms with Gasteiger partial charge in [-0.3, -0.25) is 9.69 Å². The number of esters is 1. The predicted molar refractivity (Wildman–Crippen MR) is 87.3 cm³/mol. The third kappa shape index (κ3) is 5.10. The van der Waals surface area contributed by atoms with Crippen molar-refractivity contribution in [3.05, 3.63) is 12.2 Å². The molecule has 0 aromatic carbocycles. The van der Waals surface area contributed by atoms with Crippen molar-refractivity contribution < 1.29 is 14.6 Å². The van der Waals surface area contributed by atoms with E-state index >= 15 is 0 Å². The molecule has 0 spiro atoms. The summed E-state index contributed by atoms with van der Waals surface area (Å²) in [6.45, 7) is 0.641. The van der Waals surface area contributed by atoms with E-state index in [9.17, 15) is 9.90 Å². The number of aliphatic hydroxyl groups is 1. The fourth-order valence-corrected chi connectivity index (χ4v) is 3.74. The molecule has 0 aromatic heterocycles. The molecule has 4 heteroatoms. The molecule has 1 aliphatic heterocycles. The van der Waals surface area contributed by atoms with Crippen molar-refractivity contribution in [3.63, 3.8) is 0 Å². The summed E-state index contributed by atoms with van der Waals surface area (Å²) in [5, 5.41) is 10.3. The molecule has 0 radical (unpaired) electrons. The van der Waals surface area contributed by atoms with Gasteiger partial charge in [0.1, 0.15) is 6.23 Å². The van der Waals surface area contributed by atoms with Gasteiger partial charge in [0.05, 0.1) is 13.0 Å². The Kier molecular flexibility index (Phi) is 7.40. The van der Waals surface area contributed by atoms with Crippen LogP contribution in [0.4, 0.5) is 0 Å². The second-order valence-corrected chi connectivity index (χ2v) is 6.68. The summed E-state index contributed by atoms with van der Waals surface area (Å²) in [4.78, 5) is 13.9. The summed E-state index contributed by atoms with van der Waals surface area (Å²) < 4.78 is 4.84. The second kappa shape index (κ2) is 9.31. The smallest absolute Gasteiger partial charge is 0.310 e. The molecule has 3 unspecified atom stereocenters. The van der Waals surface area contributed by atoms with Crippen LogP contribution in [0.15, 0.2) is 12.2 Å². The molecule has 0 aromatic rings. The van der Waals surface area contributed by atoms with Crippen LogP contribution in [0, 0.1) is 5.92 Å². The molecule has 126 valence electrons. The zero-order valence-electron chi connectivity index (χ0n) is 13.9. The molecule has 2 rings (SSSR count). The highest BCUT2D eigenvalue weighted by Crippen LogP contribution is 2.29. The first-order valence-corrected chi connectivity index (χ1v) is 8.89. The third-order valence-electron chi connectivity index (χ3n) is 5.05. The lowest BCUT2D eigenvalue weighted by atomic mass is 9.99. The molecule has 1 aliphatic carbocycles. The van der Waals surface area contributed by atoms with Gasteiger partial charge in [-0.1, -0.05) is 37.8 Å². The number of hydrogen-bond acceptors (Lipinski definition) is 4. The van der Waals surface area contributed by atoms with Gasteiger partial charge in [0.25, 0.3) is 0 Å². The highest BCUT2D eigenvalue weighted by molar-refractivity contribution is 5.72. The molecule has 0 bridgehead atoms. The van der Waals surface area contributed by atoms with E-state index in [2.05, 4.69) is 17.1 Å². The van der Waals surface area contributed by atoms with Gasteiger partial charge < -0.3 is 9.84 Å². The minimum absolute atomic E-state index is 0.170. The SMILES string of the molecule is COC(=O)C1CC(O)N(C2CC/C=C\CCCCCCC2)C1. The molecule has 0 amide bonds. The monoisotopic (exact) mass is 309 g/mol. The van der Waals surface area contributed by atoms with E-state index in [1.165, 1.54) is 45.6 Å². The van der Waals surface area contributed by atoms with Gasteiger partial charge in [0, 0.05) is 19.0 Å². The van der Waals surface area contributed by atoms with Crippen molar-refractivity contribution in [2.45, 2.75) is 76.5 Å². The zero-order valence-corrected chi connectivity index (χ0v) is 13.9. The number of nitrogens with zero attached hydrogens (tertiary/aromatic N) is 1. The maximum absolute atomic E-state index is 11.7. The quantitative estimate of drug-likeness (QED) is 0.628. The molecule has 3 atom stereocenters. The molecule has 0 saturated carbocycles. The summed E-state index contributed by atoms with van der Waals surface area (Å²) >= 11 is 0. The van der Waals surface area contributed by atoms with Crippen LogP contribution in [0.3, 0.4) is 0 Å². The van der Waals surface area contributed by atoms with Crippen molar-refractivity contribution in [2.75, 3.05) is 13.7 Å². The Balaban J connectivity index is 1.93. The van der Waals surface area contributed by atoms with Gasteiger partial charge in [-0.25, -0.2) is 0 Å². The Morgan fingerprint density at radius 2 is 1.82 bits per heavy atom. The lowest BCUT2D eigenvalue weighted by Crippen LogP contribution is -2.39. The van der Waals surface area contributed by atoms with Crippen LogP contribution in [0.25, 0.3) is 0 Å². The molecule has 1 saturated heterocycles. The van der Waals surface area contributed by atoms with E-state index in [1.807, 2.05) is 0 Å². The van der Waals surface area contributed by atoms with E-state index in [-0.39, 0.29) is 11.9 Å². The maximum atomic E-state index is 11.7. The average molecular weight is 309 g/mol. The number of carbonyl (C=O) groups is 1. The normalized spacial score (nSPS) is 33.6. The van der Waals surface area contributed by atoms with Crippen LogP contribution in [0.5, 0.6) is 0 Å². The Bertz CT molecular complexity index is 369. The summed E-state index contributed by atoms with van der Waals surface area (Å²) in [5.74, 6) is -0.355. The maximum Gasteiger partial charge on any atom is 0.310 e. The summed E-state index contributed by atoms with van der Waals surface area (Å²) in [7, 11) is 1.43. The first-order valence-electron chi connectivity index (χ1n) is 8.89. The Labute approximate surface area is 134 Å². The first kappa shape index (κ1) is 17.5. The van der Waals surface area contributed by atoms with Crippen molar-refractivity contribution in [1.82, 2.24) is 4.90 Å². The van der Waals surface area contributed by atoms with Crippen LogP contribution >= 0.6 is 0 Å². The van der Waals surface area contributed by atoms with E-state index in [1.54, 1.807) is 0 Å². The van der Waals surface area contributed by atoms with Crippen molar-refractivity contribution >= 4 is 5.97 Å². The minimum Gasteiger partial charge on any atom is -0.469 e. The average Bonchev–Trinajstić information content (AvgIpc) is 2.89. The van der Waals surface area contributed by atoms with Gasteiger partial charge in [0.2, 0.25) is 0 Å². The topological polar surface area (TPSA) is 49.8 Å². The van der Waals surface area contributed by atoms with Crippen molar-refractivity contribution in [2.24, 2.45) is 5.92 Å². The number of hydrogen-bond donors (Lipinski definition) is 1. The molecular formula is C18H31NO3.